The molecular weight excluding hydrogens is 282 g/mol. The Hall–Kier alpha value is -0.930. The summed E-state index contributed by atoms with van der Waals surface area (Å²) < 4.78 is 26.2. The molecule has 124 valence electrons. The molecule has 1 amide bonds. The first-order valence-corrected chi connectivity index (χ1v) is 6.71. The van der Waals surface area contributed by atoms with Crippen molar-refractivity contribution < 1.29 is 33.6 Å². The largest absolute Gasteiger partial charge is 0.453 e. The maximum Gasteiger partial charge on any atom is 0.409 e. The van der Waals surface area contributed by atoms with Crippen LogP contribution < -0.4 is 0 Å². The number of nitrogens with zero attached hydrogens (tertiary/aromatic N) is 1. The first-order chi connectivity index (χ1) is 9.86. The van der Waals surface area contributed by atoms with E-state index in [-0.39, 0.29) is 19.7 Å². The molecule has 1 saturated heterocycles. The van der Waals surface area contributed by atoms with Gasteiger partial charge in [-0.25, -0.2) is 4.79 Å². The summed E-state index contributed by atoms with van der Waals surface area (Å²) in [7, 11) is 4.26. The number of aliphatic hydroxyl groups excluding tert-OH is 1. The number of methoxy groups -OCH3 is 3. The smallest absolute Gasteiger partial charge is 0.409 e. The predicted octanol–water partition coefficient (Wildman–Crippen LogP) is 0.186. The molecule has 0 spiro atoms. The Bertz CT molecular complexity index is 332. The van der Waals surface area contributed by atoms with Gasteiger partial charge in [0.1, 0.15) is 12.2 Å². The van der Waals surface area contributed by atoms with Crippen LogP contribution in [0.15, 0.2) is 0 Å². The Labute approximate surface area is 124 Å². The Balaban J connectivity index is 2.73. The van der Waals surface area contributed by atoms with Gasteiger partial charge in [-0.3, -0.25) is 0 Å². The van der Waals surface area contributed by atoms with E-state index in [1.54, 1.807) is 13.8 Å². The van der Waals surface area contributed by atoms with Crippen LogP contribution in [0.3, 0.4) is 0 Å². The van der Waals surface area contributed by atoms with Crippen molar-refractivity contribution >= 4 is 6.09 Å². The van der Waals surface area contributed by atoms with Gasteiger partial charge in [-0.1, -0.05) is 0 Å². The van der Waals surface area contributed by atoms with Crippen molar-refractivity contribution in [3.63, 3.8) is 0 Å². The number of hydrogen-bond donors (Lipinski definition) is 1. The minimum absolute atomic E-state index is 0.179. The first kappa shape index (κ1) is 18.1. The van der Waals surface area contributed by atoms with Gasteiger partial charge in [0.05, 0.1) is 26.8 Å². The fourth-order valence-corrected chi connectivity index (χ4v) is 2.21. The lowest BCUT2D eigenvalue weighted by Gasteiger charge is -2.28. The monoisotopic (exact) mass is 307 g/mol. The van der Waals surface area contributed by atoms with Crippen molar-refractivity contribution in [2.24, 2.45) is 0 Å². The highest BCUT2D eigenvalue weighted by molar-refractivity contribution is 5.67. The van der Waals surface area contributed by atoms with E-state index in [1.165, 1.54) is 26.2 Å². The molecule has 8 nitrogen and oxygen atoms in total. The molecule has 2 atom stereocenters. The maximum atomic E-state index is 11.9. The molecule has 0 aliphatic carbocycles. The van der Waals surface area contributed by atoms with Crippen LogP contribution in [0.5, 0.6) is 0 Å². The molecule has 1 rings (SSSR count). The van der Waals surface area contributed by atoms with E-state index in [1.807, 2.05) is 0 Å². The highest BCUT2D eigenvalue weighted by Gasteiger charge is 2.42. The molecular formula is C13H25NO7. The van der Waals surface area contributed by atoms with E-state index in [9.17, 15) is 9.90 Å². The summed E-state index contributed by atoms with van der Waals surface area (Å²) in [6.45, 7) is 3.69. The van der Waals surface area contributed by atoms with Gasteiger partial charge in [0, 0.05) is 14.2 Å². The van der Waals surface area contributed by atoms with Crippen LogP contribution in [-0.4, -0.2) is 81.4 Å². The molecule has 1 aliphatic rings. The fourth-order valence-electron chi connectivity index (χ4n) is 2.21. The first-order valence-electron chi connectivity index (χ1n) is 6.71. The highest BCUT2D eigenvalue weighted by Crippen LogP contribution is 2.28. The summed E-state index contributed by atoms with van der Waals surface area (Å²) in [6, 6.07) is 0. The SMILES string of the molecule is COC(=O)N(CC(OC)OC)C[C@@H]1OC(C)(C)O[C@@H]1CO. The molecule has 1 fully saturated rings. The molecule has 0 bridgehead atoms. The lowest BCUT2D eigenvalue weighted by atomic mass is 10.2. The summed E-state index contributed by atoms with van der Waals surface area (Å²) >= 11 is 0. The highest BCUT2D eigenvalue weighted by atomic mass is 16.8. The molecule has 0 radical (unpaired) electrons. The summed E-state index contributed by atoms with van der Waals surface area (Å²) in [6.07, 6.45) is -2.07. The van der Waals surface area contributed by atoms with Crippen molar-refractivity contribution in [2.45, 2.75) is 38.1 Å². The quantitative estimate of drug-likeness (QED) is 0.672. The number of rotatable bonds is 7. The van der Waals surface area contributed by atoms with Crippen LogP contribution in [0.25, 0.3) is 0 Å². The summed E-state index contributed by atoms with van der Waals surface area (Å²) in [5.41, 5.74) is 0. The van der Waals surface area contributed by atoms with Gasteiger partial charge in [-0.2, -0.15) is 0 Å². The zero-order valence-electron chi connectivity index (χ0n) is 13.2. The van der Waals surface area contributed by atoms with Crippen LogP contribution >= 0.6 is 0 Å². The van der Waals surface area contributed by atoms with E-state index in [0.717, 1.165) is 0 Å². The van der Waals surface area contributed by atoms with E-state index < -0.39 is 30.4 Å². The third kappa shape index (κ3) is 5.08. The normalized spacial score (nSPS) is 24.3. The van der Waals surface area contributed by atoms with Crippen molar-refractivity contribution in [2.75, 3.05) is 41.0 Å². The minimum Gasteiger partial charge on any atom is -0.453 e. The average molecular weight is 307 g/mol. The lowest BCUT2D eigenvalue weighted by Crippen LogP contribution is -2.46. The van der Waals surface area contributed by atoms with Gasteiger partial charge in [-0.15, -0.1) is 0 Å². The van der Waals surface area contributed by atoms with E-state index in [4.69, 9.17) is 23.7 Å². The average Bonchev–Trinajstić information content (AvgIpc) is 2.76. The van der Waals surface area contributed by atoms with E-state index >= 15 is 0 Å². The molecule has 0 aromatic rings. The van der Waals surface area contributed by atoms with E-state index in [2.05, 4.69) is 0 Å². The number of hydrogen-bond acceptors (Lipinski definition) is 7. The van der Waals surface area contributed by atoms with Crippen molar-refractivity contribution in [1.29, 1.82) is 0 Å². The Morgan fingerprint density at radius 3 is 2.29 bits per heavy atom. The second-order valence-corrected chi connectivity index (χ2v) is 5.17. The van der Waals surface area contributed by atoms with Gasteiger partial charge >= 0.3 is 6.09 Å². The topological polar surface area (TPSA) is 86.7 Å². The van der Waals surface area contributed by atoms with Crippen LogP contribution in [0.1, 0.15) is 13.8 Å². The molecule has 1 heterocycles. The van der Waals surface area contributed by atoms with Crippen molar-refractivity contribution in [3.05, 3.63) is 0 Å². The van der Waals surface area contributed by atoms with Crippen LogP contribution in [0.4, 0.5) is 4.79 Å². The van der Waals surface area contributed by atoms with Crippen LogP contribution in [0, 0.1) is 0 Å². The van der Waals surface area contributed by atoms with Gasteiger partial charge in [0.15, 0.2) is 12.1 Å². The zero-order valence-corrected chi connectivity index (χ0v) is 13.2. The second-order valence-electron chi connectivity index (χ2n) is 5.17. The summed E-state index contributed by atoms with van der Waals surface area (Å²) in [5, 5.41) is 9.36. The molecule has 8 heteroatoms. The molecule has 1 aliphatic heterocycles. The molecule has 0 aromatic carbocycles. The molecule has 1 N–H and O–H groups in total. The minimum atomic E-state index is -0.804. The number of carbonyl (C=O) groups excluding carboxylic acids is 1. The second kappa shape index (κ2) is 7.90. The van der Waals surface area contributed by atoms with Gasteiger partial charge in [-0.05, 0) is 13.8 Å². The number of aliphatic hydroxyl groups is 1. The van der Waals surface area contributed by atoms with Gasteiger partial charge in [0.25, 0.3) is 0 Å². The third-order valence-corrected chi connectivity index (χ3v) is 3.19. The standard InChI is InChI=1S/C13H25NO7/c1-13(2)20-9(10(8-15)21-13)6-14(12(16)19-5)7-11(17-3)18-4/h9-11,15H,6-8H2,1-5H3/t9-,10+/m0/s1. The molecule has 21 heavy (non-hydrogen) atoms. The van der Waals surface area contributed by atoms with Crippen molar-refractivity contribution in [1.82, 2.24) is 4.90 Å². The van der Waals surface area contributed by atoms with Gasteiger partial charge < -0.3 is 33.7 Å². The molecule has 0 unspecified atom stereocenters. The van der Waals surface area contributed by atoms with Crippen molar-refractivity contribution in [3.8, 4) is 0 Å². The lowest BCUT2D eigenvalue weighted by molar-refractivity contribution is -0.151. The molecule has 0 aromatic heterocycles. The van der Waals surface area contributed by atoms with E-state index in [0.29, 0.717) is 0 Å². The van der Waals surface area contributed by atoms with Crippen LogP contribution in [0.2, 0.25) is 0 Å². The predicted molar refractivity (Wildman–Crippen MR) is 72.7 cm³/mol. The Morgan fingerprint density at radius 1 is 1.24 bits per heavy atom. The summed E-state index contributed by atoms with van der Waals surface area (Å²) in [4.78, 5) is 13.3. The number of ether oxygens (including phenoxy) is 5. The summed E-state index contributed by atoms with van der Waals surface area (Å²) in [5.74, 6) is -0.804. The third-order valence-electron chi connectivity index (χ3n) is 3.19. The zero-order chi connectivity index (χ0) is 16.0. The Kier molecular flexibility index (Phi) is 6.82. The van der Waals surface area contributed by atoms with Gasteiger partial charge in [0.2, 0.25) is 0 Å². The molecule has 0 saturated carbocycles. The Morgan fingerprint density at radius 2 is 1.81 bits per heavy atom. The maximum absolute atomic E-state index is 11.9. The number of amides is 1. The fraction of sp³-hybridized carbons (Fsp3) is 0.923. The van der Waals surface area contributed by atoms with Crippen LogP contribution in [-0.2, 0) is 23.7 Å². The number of carbonyl (C=O) groups is 1.